The van der Waals surface area contributed by atoms with Gasteiger partial charge in [0.1, 0.15) is 6.04 Å². The number of piperidine rings is 1. The summed E-state index contributed by atoms with van der Waals surface area (Å²) in [6.45, 7) is 4.80. The molecule has 0 aliphatic carbocycles. The van der Waals surface area contributed by atoms with Gasteiger partial charge in [-0.05, 0) is 18.8 Å². The summed E-state index contributed by atoms with van der Waals surface area (Å²) < 4.78 is 0. The van der Waals surface area contributed by atoms with Crippen molar-refractivity contribution < 1.29 is 19.8 Å². The molecule has 2 N–H and O–H groups in total. The normalized spacial score (nSPS) is 34.4. The first-order valence-electron chi connectivity index (χ1n) is 7.05. The summed E-state index contributed by atoms with van der Waals surface area (Å²) >= 11 is 1.52. The maximum atomic E-state index is 12.6. The topological polar surface area (TPSA) is 81.1 Å². The predicted octanol–water partition coefficient (Wildman–Crippen LogP) is 1.05. The van der Waals surface area contributed by atoms with Crippen molar-refractivity contribution in [1.82, 2.24) is 9.80 Å². The van der Waals surface area contributed by atoms with Gasteiger partial charge in [0.2, 0.25) is 0 Å². The van der Waals surface area contributed by atoms with Gasteiger partial charge in [-0.3, -0.25) is 4.90 Å². The van der Waals surface area contributed by atoms with E-state index in [-0.39, 0.29) is 17.3 Å². The van der Waals surface area contributed by atoms with Crippen molar-refractivity contribution in [2.75, 3.05) is 18.8 Å². The van der Waals surface area contributed by atoms with Gasteiger partial charge in [-0.1, -0.05) is 13.8 Å². The minimum atomic E-state index is -0.951. The van der Waals surface area contributed by atoms with Crippen molar-refractivity contribution in [3.8, 4) is 0 Å². The summed E-state index contributed by atoms with van der Waals surface area (Å²) in [6, 6.07) is -1.01. The molecular weight excluding hydrogens is 280 g/mol. The Labute approximate surface area is 123 Å². The molecule has 6 nitrogen and oxygen atoms in total. The maximum absolute atomic E-state index is 12.6. The first-order chi connectivity index (χ1) is 9.45. The molecule has 114 valence electrons. The standard InChI is InChI=1S/C13H22N2O4S/c1-3-11-15(9(7-20-11)12(17)18)13(19)14-5-4-8(2)10(16)6-14/h8-11,16H,3-7H2,1-2H3,(H,17,18). The lowest BCUT2D eigenvalue weighted by atomic mass is 9.96. The van der Waals surface area contributed by atoms with Crippen LogP contribution in [0.15, 0.2) is 0 Å². The second-order valence-electron chi connectivity index (χ2n) is 5.52. The van der Waals surface area contributed by atoms with E-state index in [4.69, 9.17) is 0 Å². The number of β-amino-alcohol motifs (C(OH)–C–C–N with tert-alkyl or cyclic N) is 1. The fraction of sp³-hybridized carbons (Fsp3) is 0.846. The zero-order valence-electron chi connectivity index (χ0n) is 11.9. The molecule has 4 unspecified atom stereocenters. The number of thioether (sulfide) groups is 1. The highest BCUT2D eigenvalue weighted by molar-refractivity contribution is 8.00. The Morgan fingerprint density at radius 1 is 1.40 bits per heavy atom. The number of urea groups is 1. The second-order valence-corrected chi connectivity index (χ2v) is 6.73. The Hall–Kier alpha value is -0.950. The molecule has 2 amide bonds. The lowest BCUT2D eigenvalue weighted by Crippen LogP contribution is -2.55. The number of hydrogen-bond donors (Lipinski definition) is 2. The number of aliphatic hydroxyl groups excluding tert-OH is 1. The third kappa shape index (κ3) is 2.88. The van der Waals surface area contributed by atoms with E-state index in [1.807, 2.05) is 13.8 Å². The van der Waals surface area contributed by atoms with Gasteiger partial charge in [0, 0.05) is 18.8 Å². The quantitative estimate of drug-likeness (QED) is 0.797. The molecule has 2 fully saturated rings. The summed E-state index contributed by atoms with van der Waals surface area (Å²) in [7, 11) is 0. The minimum absolute atomic E-state index is 0.0832. The van der Waals surface area contributed by atoms with Crippen LogP contribution in [0.3, 0.4) is 0 Å². The first-order valence-corrected chi connectivity index (χ1v) is 8.10. The number of carbonyl (C=O) groups is 2. The molecule has 0 spiro atoms. The molecule has 2 aliphatic rings. The number of amides is 2. The number of aliphatic hydroxyl groups is 1. The van der Waals surface area contributed by atoms with Gasteiger partial charge in [-0.15, -0.1) is 11.8 Å². The highest BCUT2D eigenvalue weighted by Crippen LogP contribution is 2.33. The molecule has 0 aromatic carbocycles. The summed E-state index contributed by atoms with van der Waals surface area (Å²) in [5, 5.41) is 19.1. The van der Waals surface area contributed by atoms with Crippen LogP contribution in [-0.4, -0.2) is 68.4 Å². The van der Waals surface area contributed by atoms with Gasteiger partial charge in [-0.25, -0.2) is 9.59 Å². The Morgan fingerprint density at radius 3 is 2.65 bits per heavy atom. The molecule has 2 aliphatic heterocycles. The largest absolute Gasteiger partial charge is 0.480 e. The molecule has 2 saturated heterocycles. The smallest absolute Gasteiger partial charge is 0.327 e. The molecule has 7 heteroatoms. The Bertz CT molecular complexity index is 393. The van der Waals surface area contributed by atoms with Crippen LogP contribution in [-0.2, 0) is 4.79 Å². The van der Waals surface area contributed by atoms with Gasteiger partial charge in [0.25, 0.3) is 0 Å². The number of rotatable bonds is 2. The maximum Gasteiger partial charge on any atom is 0.327 e. The average Bonchev–Trinajstić information content (AvgIpc) is 2.85. The van der Waals surface area contributed by atoms with Gasteiger partial charge in [-0.2, -0.15) is 0 Å². The first kappa shape index (κ1) is 15.4. The number of carboxylic acids is 1. The second kappa shape index (κ2) is 6.22. The molecule has 2 heterocycles. The minimum Gasteiger partial charge on any atom is -0.480 e. The van der Waals surface area contributed by atoms with Crippen molar-refractivity contribution in [3.05, 3.63) is 0 Å². The van der Waals surface area contributed by atoms with Gasteiger partial charge in [0.05, 0.1) is 11.5 Å². The van der Waals surface area contributed by atoms with E-state index < -0.39 is 18.1 Å². The SMILES string of the molecule is CCC1SCC(C(=O)O)N1C(=O)N1CCC(C)C(O)C1. The van der Waals surface area contributed by atoms with E-state index in [0.717, 1.165) is 12.8 Å². The van der Waals surface area contributed by atoms with Crippen molar-refractivity contribution >= 4 is 23.8 Å². The number of hydrogen-bond acceptors (Lipinski definition) is 4. The van der Waals surface area contributed by atoms with Gasteiger partial charge < -0.3 is 15.1 Å². The third-order valence-corrected chi connectivity index (χ3v) is 5.59. The van der Waals surface area contributed by atoms with E-state index >= 15 is 0 Å². The molecule has 2 rings (SSSR count). The molecule has 0 aromatic rings. The molecule has 0 aromatic heterocycles. The van der Waals surface area contributed by atoms with Crippen LogP contribution in [0.2, 0.25) is 0 Å². The fourth-order valence-corrected chi connectivity index (χ4v) is 4.05. The van der Waals surface area contributed by atoms with Crippen molar-refractivity contribution in [1.29, 1.82) is 0 Å². The fourth-order valence-electron chi connectivity index (χ4n) is 2.71. The molecule has 0 saturated carbocycles. The number of carboxylic acid groups (broad SMARTS) is 1. The van der Waals surface area contributed by atoms with E-state index in [9.17, 15) is 19.8 Å². The van der Waals surface area contributed by atoms with E-state index in [1.165, 1.54) is 16.7 Å². The Balaban J connectivity index is 2.11. The predicted molar refractivity (Wildman–Crippen MR) is 76.6 cm³/mol. The zero-order valence-corrected chi connectivity index (χ0v) is 12.7. The van der Waals surface area contributed by atoms with Gasteiger partial charge in [0.15, 0.2) is 0 Å². The molecular formula is C13H22N2O4S. The Morgan fingerprint density at radius 2 is 2.10 bits per heavy atom. The van der Waals surface area contributed by atoms with Crippen molar-refractivity contribution in [2.24, 2.45) is 5.92 Å². The monoisotopic (exact) mass is 302 g/mol. The van der Waals surface area contributed by atoms with Crippen LogP contribution in [0.5, 0.6) is 0 Å². The van der Waals surface area contributed by atoms with E-state index in [0.29, 0.717) is 18.8 Å². The van der Waals surface area contributed by atoms with Gasteiger partial charge >= 0.3 is 12.0 Å². The lowest BCUT2D eigenvalue weighted by molar-refractivity contribution is -0.141. The highest BCUT2D eigenvalue weighted by Gasteiger charge is 2.43. The molecule has 4 atom stereocenters. The summed E-state index contributed by atoms with van der Waals surface area (Å²) in [6.07, 6.45) is 0.960. The summed E-state index contributed by atoms with van der Waals surface area (Å²) in [5.41, 5.74) is 0. The zero-order chi connectivity index (χ0) is 14.9. The number of aliphatic carboxylic acids is 1. The van der Waals surface area contributed by atoms with Crippen LogP contribution in [0.1, 0.15) is 26.7 Å². The number of carbonyl (C=O) groups excluding carboxylic acids is 1. The van der Waals surface area contributed by atoms with Crippen LogP contribution in [0.4, 0.5) is 4.79 Å². The number of nitrogens with zero attached hydrogens (tertiary/aromatic N) is 2. The highest BCUT2D eigenvalue weighted by atomic mass is 32.2. The van der Waals surface area contributed by atoms with Crippen molar-refractivity contribution in [3.63, 3.8) is 0 Å². The Kier molecular flexibility index (Phi) is 4.80. The van der Waals surface area contributed by atoms with E-state index in [2.05, 4.69) is 0 Å². The molecule has 0 bridgehead atoms. The van der Waals surface area contributed by atoms with E-state index in [1.54, 1.807) is 4.90 Å². The molecule has 20 heavy (non-hydrogen) atoms. The van der Waals surface area contributed by atoms with Crippen LogP contribution < -0.4 is 0 Å². The van der Waals surface area contributed by atoms with Crippen LogP contribution in [0, 0.1) is 5.92 Å². The van der Waals surface area contributed by atoms with Crippen LogP contribution in [0.25, 0.3) is 0 Å². The molecule has 0 radical (unpaired) electrons. The summed E-state index contributed by atoms with van der Waals surface area (Å²) in [4.78, 5) is 27.0. The number of likely N-dealkylation sites (tertiary alicyclic amines) is 1. The lowest BCUT2D eigenvalue weighted by Gasteiger charge is -2.38. The third-order valence-electron chi connectivity index (χ3n) is 4.14. The average molecular weight is 302 g/mol. The summed E-state index contributed by atoms with van der Waals surface area (Å²) in [5.74, 6) is -0.330. The van der Waals surface area contributed by atoms with Crippen LogP contribution >= 0.6 is 11.8 Å². The van der Waals surface area contributed by atoms with Crippen molar-refractivity contribution in [2.45, 2.75) is 44.2 Å².